The highest BCUT2D eigenvalue weighted by atomic mass is 35.5. The normalized spacial score (nSPS) is 11.0. The van der Waals surface area contributed by atoms with Crippen molar-refractivity contribution in [1.82, 2.24) is 15.1 Å². The molecule has 1 heterocycles. The lowest BCUT2D eigenvalue weighted by Crippen LogP contribution is -2.05. The maximum atomic E-state index is 6.21. The first kappa shape index (κ1) is 14.1. The molecule has 1 aromatic carbocycles. The standard InChI is InChI=1S/C15H20ClN3/c1-5-19-11(3)15(10(2)18-19)12-6-7-14(16)13(8-12)9-17-4/h6-8,17H,5,9H2,1-4H3. The second kappa shape index (κ2) is 5.76. The first-order chi connectivity index (χ1) is 9.08. The van der Waals surface area contributed by atoms with Gasteiger partial charge in [0.25, 0.3) is 0 Å². The maximum Gasteiger partial charge on any atom is 0.0674 e. The molecule has 3 nitrogen and oxygen atoms in total. The fraction of sp³-hybridized carbons (Fsp3) is 0.400. The number of halogens is 1. The minimum atomic E-state index is 0.771. The summed E-state index contributed by atoms with van der Waals surface area (Å²) in [6, 6.07) is 6.18. The second-order valence-corrected chi connectivity index (χ2v) is 5.11. The molecular formula is C15H20ClN3. The van der Waals surface area contributed by atoms with Crippen LogP contribution < -0.4 is 5.32 Å². The third kappa shape index (κ3) is 2.67. The maximum absolute atomic E-state index is 6.21. The summed E-state index contributed by atoms with van der Waals surface area (Å²) < 4.78 is 2.04. The molecule has 2 aromatic rings. The number of benzene rings is 1. The van der Waals surface area contributed by atoms with Gasteiger partial charge in [-0.15, -0.1) is 0 Å². The number of nitrogens with zero attached hydrogens (tertiary/aromatic N) is 2. The summed E-state index contributed by atoms with van der Waals surface area (Å²) >= 11 is 6.21. The van der Waals surface area contributed by atoms with Crippen LogP contribution in [0.3, 0.4) is 0 Å². The van der Waals surface area contributed by atoms with Crippen LogP contribution in [0.2, 0.25) is 5.02 Å². The molecule has 4 heteroatoms. The van der Waals surface area contributed by atoms with Crippen LogP contribution in [0, 0.1) is 13.8 Å². The largest absolute Gasteiger partial charge is 0.316 e. The van der Waals surface area contributed by atoms with Crippen LogP contribution in [0.5, 0.6) is 0 Å². The molecule has 102 valence electrons. The monoisotopic (exact) mass is 277 g/mol. The molecule has 2 rings (SSSR count). The van der Waals surface area contributed by atoms with Gasteiger partial charge < -0.3 is 5.32 Å². The average molecular weight is 278 g/mol. The van der Waals surface area contributed by atoms with Gasteiger partial charge in [0.1, 0.15) is 0 Å². The highest BCUT2D eigenvalue weighted by Gasteiger charge is 2.13. The number of rotatable bonds is 4. The van der Waals surface area contributed by atoms with Gasteiger partial charge >= 0.3 is 0 Å². The Hall–Kier alpha value is -1.32. The van der Waals surface area contributed by atoms with Crippen molar-refractivity contribution in [2.75, 3.05) is 7.05 Å². The van der Waals surface area contributed by atoms with Crippen molar-refractivity contribution in [3.05, 3.63) is 40.2 Å². The Labute approximate surface area is 119 Å². The molecule has 0 amide bonds. The van der Waals surface area contributed by atoms with Crippen LogP contribution in [-0.2, 0) is 13.1 Å². The lowest BCUT2D eigenvalue weighted by molar-refractivity contribution is 0.634. The average Bonchev–Trinajstić information content (AvgIpc) is 2.67. The lowest BCUT2D eigenvalue weighted by atomic mass is 10.0. The van der Waals surface area contributed by atoms with Crippen molar-refractivity contribution in [3.8, 4) is 11.1 Å². The molecule has 0 atom stereocenters. The first-order valence-electron chi connectivity index (χ1n) is 6.55. The van der Waals surface area contributed by atoms with E-state index in [9.17, 15) is 0 Å². The molecule has 0 aliphatic heterocycles. The SMILES string of the molecule is CCn1nc(C)c(-c2ccc(Cl)c(CNC)c2)c1C. The van der Waals surface area contributed by atoms with E-state index < -0.39 is 0 Å². The quantitative estimate of drug-likeness (QED) is 0.926. The zero-order valence-electron chi connectivity index (χ0n) is 11.9. The van der Waals surface area contributed by atoms with E-state index in [1.165, 1.54) is 16.8 Å². The zero-order chi connectivity index (χ0) is 14.0. The van der Waals surface area contributed by atoms with Crippen LogP contribution in [0.15, 0.2) is 18.2 Å². The van der Waals surface area contributed by atoms with Crippen molar-refractivity contribution in [2.45, 2.75) is 33.9 Å². The number of aryl methyl sites for hydroxylation is 2. The van der Waals surface area contributed by atoms with Crippen molar-refractivity contribution in [2.24, 2.45) is 0 Å². The fourth-order valence-corrected chi connectivity index (χ4v) is 2.66. The van der Waals surface area contributed by atoms with Gasteiger partial charge in [0.2, 0.25) is 0 Å². The van der Waals surface area contributed by atoms with Gasteiger partial charge in [-0.3, -0.25) is 4.68 Å². The first-order valence-corrected chi connectivity index (χ1v) is 6.93. The lowest BCUT2D eigenvalue weighted by Gasteiger charge is -2.08. The molecule has 0 saturated heterocycles. The summed E-state index contributed by atoms with van der Waals surface area (Å²) in [5, 5.41) is 8.52. The summed E-state index contributed by atoms with van der Waals surface area (Å²) in [4.78, 5) is 0. The van der Waals surface area contributed by atoms with Crippen LogP contribution in [0.25, 0.3) is 11.1 Å². The Morgan fingerprint density at radius 1 is 1.32 bits per heavy atom. The Bertz CT molecular complexity index is 587. The van der Waals surface area contributed by atoms with E-state index >= 15 is 0 Å². The molecule has 0 unspecified atom stereocenters. The molecule has 1 aromatic heterocycles. The van der Waals surface area contributed by atoms with E-state index in [1.54, 1.807) is 0 Å². The van der Waals surface area contributed by atoms with Crippen LogP contribution in [-0.4, -0.2) is 16.8 Å². The third-order valence-corrected chi connectivity index (χ3v) is 3.75. The van der Waals surface area contributed by atoms with Crippen molar-refractivity contribution in [3.63, 3.8) is 0 Å². The third-order valence-electron chi connectivity index (χ3n) is 3.38. The summed E-state index contributed by atoms with van der Waals surface area (Å²) in [6.45, 7) is 7.94. The Balaban J connectivity index is 2.53. The van der Waals surface area contributed by atoms with Gasteiger partial charge in [-0.25, -0.2) is 0 Å². The van der Waals surface area contributed by atoms with Crippen LogP contribution in [0.4, 0.5) is 0 Å². The zero-order valence-corrected chi connectivity index (χ0v) is 12.7. The number of nitrogens with one attached hydrogen (secondary N) is 1. The van der Waals surface area contributed by atoms with Gasteiger partial charge in [0.05, 0.1) is 5.69 Å². The van der Waals surface area contributed by atoms with Crippen LogP contribution >= 0.6 is 11.6 Å². The molecule has 19 heavy (non-hydrogen) atoms. The minimum absolute atomic E-state index is 0.771. The van der Waals surface area contributed by atoms with Gasteiger partial charge in [-0.2, -0.15) is 5.10 Å². The summed E-state index contributed by atoms with van der Waals surface area (Å²) in [5.41, 5.74) is 5.79. The number of hydrogen-bond donors (Lipinski definition) is 1. The predicted octanol–water partition coefficient (Wildman–Crippen LogP) is 3.56. The number of hydrogen-bond acceptors (Lipinski definition) is 2. The Morgan fingerprint density at radius 3 is 2.63 bits per heavy atom. The molecule has 1 N–H and O–H groups in total. The van der Waals surface area contributed by atoms with E-state index in [0.29, 0.717) is 0 Å². The molecular weight excluding hydrogens is 258 g/mol. The Kier molecular flexibility index (Phi) is 4.27. The topological polar surface area (TPSA) is 29.9 Å². The van der Waals surface area contributed by atoms with E-state index in [4.69, 9.17) is 11.6 Å². The molecule has 0 aliphatic carbocycles. The molecule has 0 bridgehead atoms. The summed E-state index contributed by atoms with van der Waals surface area (Å²) in [6.07, 6.45) is 0. The van der Waals surface area contributed by atoms with Gasteiger partial charge in [-0.05, 0) is 51.1 Å². The van der Waals surface area contributed by atoms with Crippen LogP contribution in [0.1, 0.15) is 23.9 Å². The van der Waals surface area contributed by atoms with E-state index in [1.807, 2.05) is 17.8 Å². The molecule has 0 radical (unpaired) electrons. The van der Waals surface area contributed by atoms with Crippen molar-refractivity contribution >= 4 is 11.6 Å². The number of aromatic nitrogens is 2. The van der Waals surface area contributed by atoms with Gasteiger partial charge in [-0.1, -0.05) is 17.7 Å². The molecule has 0 aliphatic rings. The Morgan fingerprint density at radius 2 is 2.05 bits per heavy atom. The molecule has 0 saturated carbocycles. The smallest absolute Gasteiger partial charge is 0.0674 e. The van der Waals surface area contributed by atoms with Gasteiger partial charge in [0.15, 0.2) is 0 Å². The van der Waals surface area contributed by atoms with Gasteiger partial charge in [0, 0.05) is 29.4 Å². The van der Waals surface area contributed by atoms with Crippen molar-refractivity contribution in [1.29, 1.82) is 0 Å². The highest BCUT2D eigenvalue weighted by Crippen LogP contribution is 2.30. The highest BCUT2D eigenvalue weighted by molar-refractivity contribution is 6.31. The fourth-order valence-electron chi connectivity index (χ4n) is 2.48. The minimum Gasteiger partial charge on any atom is -0.316 e. The summed E-state index contributed by atoms with van der Waals surface area (Å²) in [5.74, 6) is 0. The van der Waals surface area contributed by atoms with E-state index in [0.717, 1.165) is 29.4 Å². The second-order valence-electron chi connectivity index (χ2n) is 4.70. The molecule has 0 fully saturated rings. The summed E-state index contributed by atoms with van der Waals surface area (Å²) in [7, 11) is 1.93. The van der Waals surface area contributed by atoms with E-state index in [2.05, 4.69) is 43.3 Å². The van der Waals surface area contributed by atoms with E-state index in [-0.39, 0.29) is 0 Å². The predicted molar refractivity (Wildman–Crippen MR) is 80.6 cm³/mol. The van der Waals surface area contributed by atoms with Crippen molar-refractivity contribution < 1.29 is 0 Å². The molecule has 0 spiro atoms.